The third-order valence-electron chi connectivity index (χ3n) is 3.65. The molecule has 0 bridgehead atoms. The highest BCUT2D eigenvalue weighted by molar-refractivity contribution is 6.30. The molecular formula is C17H17ClN2. The van der Waals surface area contributed by atoms with Crippen molar-refractivity contribution in [2.45, 2.75) is 19.9 Å². The zero-order valence-corrected chi connectivity index (χ0v) is 12.6. The summed E-state index contributed by atoms with van der Waals surface area (Å²) in [7, 11) is 2.05. The van der Waals surface area contributed by atoms with Crippen LogP contribution >= 0.6 is 11.6 Å². The zero-order chi connectivity index (χ0) is 14.7. The van der Waals surface area contributed by atoms with Gasteiger partial charge in [-0.3, -0.25) is 0 Å². The maximum Gasteiger partial charge on any atom is 0.0994 e. The summed E-state index contributed by atoms with van der Waals surface area (Å²) in [5.41, 5.74) is 3.98. The van der Waals surface area contributed by atoms with Crippen molar-refractivity contribution in [2.75, 3.05) is 11.9 Å². The largest absolute Gasteiger partial charge is 0.368 e. The standard InChI is InChI=1S/C17H17ClN2/c1-12-9-17(8-7-15(12)11-19)20(3)13(2)14-5-4-6-16(18)10-14/h4-10,13H,1-3H3. The molecule has 0 heterocycles. The molecule has 0 radical (unpaired) electrons. The van der Waals surface area contributed by atoms with Gasteiger partial charge in [0.15, 0.2) is 0 Å². The van der Waals surface area contributed by atoms with E-state index in [2.05, 4.69) is 24.0 Å². The molecule has 2 nitrogen and oxygen atoms in total. The Bertz CT molecular complexity index is 658. The van der Waals surface area contributed by atoms with E-state index in [9.17, 15) is 0 Å². The maximum atomic E-state index is 8.99. The normalized spacial score (nSPS) is 11.8. The molecule has 102 valence electrons. The summed E-state index contributed by atoms with van der Waals surface area (Å²) in [5.74, 6) is 0. The number of hydrogen-bond donors (Lipinski definition) is 0. The van der Waals surface area contributed by atoms with Gasteiger partial charge >= 0.3 is 0 Å². The van der Waals surface area contributed by atoms with Gasteiger partial charge in [0, 0.05) is 17.8 Å². The molecule has 0 saturated heterocycles. The van der Waals surface area contributed by atoms with Crippen LogP contribution in [0.3, 0.4) is 0 Å². The van der Waals surface area contributed by atoms with Crippen LogP contribution in [0.1, 0.15) is 29.7 Å². The van der Waals surface area contributed by atoms with E-state index in [4.69, 9.17) is 16.9 Å². The second-order valence-electron chi connectivity index (χ2n) is 4.95. The van der Waals surface area contributed by atoms with Crippen molar-refractivity contribution in [3.8, 4) is 6.07 Å². The molecule has 1 atom stereocenters. The van der Waals surface area contributed by atoms with Crippen molar-refractivity contribution in [2.24, 2.45) is 0 Å². The Kier molecular flexibility index (Phi) is 4.32. The van der Waals surface area contributed by atoms with Gasteiger partial charge in [0.2, 0.25) is 0 Å². The van der Waals surface area contributed by atoms with Crippen molar-refractivity contribution >= 4 is 17.3 Å². The fraction of sp³-hybridized carbons (Fsp3) is 0.235. The molecule has 0 amide bonds. The summed E-state index contributed by atoms with van der Waals surface area (Å²) in [6, 6.07) is 16.2. The molecule has 3 heteroatoms. The molecule has 2 aromatic carbocycles. The van der Waals surface area contributed by atoms with Gasteiger partial charge in [-0.15, -0.1) is 0 Å². The predicted molar refractivity (Wildman–Crippen MR) is 84.2 cm³/mol. The van der Waals surface area contributed by atoms with Gasteiger partial charge in [0.05, 0.1) is 17.7 Å². The van der Waals surface area contributed by atoms with Gasteiger partial charge in [-0.25, -0.2) is 0 Å². The van der Waals surface area contributed by atoms with Crippen molar-refractivity contribution in [1.29, 1.82) is 5.26 Å². The Morgan fingerprint density at radius 2 is 1.95 bits per heavy atom. The van der Waals surface area contributed by atoms with Gasteiger partial charge in [0.25, 0.3) is 0 Å². The van der Waals surface area contributed by atoms with Crippen LogP contribution in [-0.4, -0.2) is 7.05 Å². The smallest absolute Gasteiger partial charge is 0.0994 e. The lowest BCUT2D eigenvalue weighted by atomic mass is 10.0. The maximum absolute atomic E-state index is 8.99. The minimum Gasteiger partial charge on any atom is -0.368 e. The van der Waals surface area contributed by atoms with Crippen molar-refractivity contribution in [3.63, 3.8) is 0 Å². The van der Waals surface area contributed by atoms with Crippen LogP contribution in [0.25, 0.3) is 0 Å². The van der Waals surface area contributed by atoms with E-state index in [1.807, 2.05) is 50.4 Å². The lowest BCUT2D eigenvalue weighted by molar-refractivity contribution is 0.739. The number of rotatable bonds is 3. The Hall–Kier alpha value is -1.98. The van der Waals surface area contributed by atoms with Gasteiger partial charge < -0.3 is 4.90 Å². The van der Waals surface area contributed by atoms with Crippen LogP contribution in [0.5, 0.6) is 0 Å². The van der Waals surface area contributed by atoms with Crippen LogP contribution in [0.2, 0.25) is 5.02 Å². The Morgan fingerprint density at radius 3 is 2.55 bits per heavy atom. The van der Waals surface area contributed by atoms with E-state index in [1.54, 1.807) is 0 Å². The number of nitrogens with zero attached hydrogens (tertiary/aromatic N) is 2. The Morgan fingerprint density at radius 1 is 1.20 bits per heavy atom. The summed E-state index contributed by atoms with van der Waals surface area (Å²) < 4.78 is 0. The van der Waals surface area contributed by atoms with Crippen LogP contribution in [0, 0.1) is 18.3 Å². The number of hydrogen-bond acceptors (Lipinski definition) is 2. The van der Waals surface area contributed by atoms with Crippen molar-refractivity contribution in [3.05, 3.63) is 64.2 Å². The summed E-state index contributed by atoms with van der Waals surface area (Å²) in [6.07, 6.45) is 0. The minimum atomic E-state index is 0.209. The molecular weight excluding hydrogens is 268 g/mol. The lowest BCUT2D eigenvalue weighted by Gasteiger charge is -2.28. The number of benzene rings is 2. The zero-order valence-electron chi connectivity index (χ0n) is 11.9. The van der Waals surface area contributed by atoms with Crippen LogP contribution in [0.15, 0.2) is 42.5 Å². The molecule has 2 aromatic rings. The molecule has 0 aliphatic heterocycles. The number of anilines is 1. The van der Waals surface area contributed by atoms with Crippen LogP contribution in [-0.2, 0) is 0 Å². The van der Waals surface area contributed by atoms with E-state index in [0.717, 1.165) is 21.8 Å². The molecule has 0 aliphatic rings. The van der Waals surface area contributed by atoms with E-state index < -0.39 is 0 Å². The summed E-state index contributed by atoms with van der Waals surface area (Å²) in [4.78, 5) is 2.18. The highest BCUT2D eigenvalue weighted by atomic mass is 35.5. The second-order valence-corrected chi connectivity index (χ2v) is 5.39. The summed E-state index contributed by atoms with van der Waals surface area (Å²) in [5, 5.41) is 9.74. The highest BCUT2D eigenvalue weighted by Crippen LogP contribution is 2.28. The topological polar surface area (TPSA) is 27.0 Å². The fourth-order valence-corrected chi connectivity index (χ4v) is 2.41. The van der Waals surface area contributed by atoms with E-state index in [-0.39, 0.29) is 6.04 Å². The average molecular weight is 285 g/mol. The number of aryl methyl sites for hydroxylation is 1. The van der Waals surface area contributed by atoms with E-state index >= 15 is 0 Å². The predicted octanol–water partition coefficient (Wildman–Crippen LogP) is 4.72. The second kappa shape index (κ2) is 5.98. The van der Waals surface area contributed by atoms with Gasteiger partial charge in [-0.2, -0.15) is 5.26 Å². The molecule has 0 spiro atoms. The summed E-state index contributed by atoms with van der Waals surface area (Å²) in [6.45, 7) is 4.10. The molecule has 0 N–H and O–H groups in total. The molecule has 20 heavy (non-hydrogen) atoms. The van der Waals surface area contributed by atoms with Crippen molar-refractivity contribution in [1.82, 2.24) is 0 Å². The van der Waals surface area contributed by atoms with Crippen molar-refractivity contribution < 1.29 is 0 Å². The summed E-state index contributed by atoms with van der Waals surface area (Å²) >= 11 is 6.05. The average Bonchev–Trinajstić information content (AvgIpc) is 2.45. The highest BCUT2D eigenvalue weighted by Gasteiger charge is 2.13. The van der Waals surface area contributed by atoms with Crippen LogP contribution < -0.4 is 4.90 Å². The van der Waals surface area contributed by atoms with Gasteiger partial charge in [-0.05, 0) is 55.3 Å². The Labute approximate surface area is 125 Å². The third kappa shape index (κ3) is 2.95. The molecule has 1 unspecified atom stereocenters. The number of halogens is 1. The Balaban J connectivity index is 2.29. The van der Waals surface area contributed by atoms with E-state index in [0.29, 0.717) is 0 Å². The molecule has 0 fully saturated rings. The first-order valence-corrected chi connectivity index (χ1v) is 6.89. The SMILES string of the molecule is Cc1cc(N(C)C(C)c2cccc(Cl)c2)ccc1C#N. The molecule has 2 rings (SSSR count). The van der Waals surface area contributed by atoms with Gasteiger partial charge in [-0.1, -0.05) is 23.7 Å². The quantitative estimate of drug-likeness (QED) is 0.815. The van der Waals surface area contributed by atoms with Gasteiger partial charge in [0.1, 0.15) is 0 Å². The fourth-order valence-electron chi connectivity index (χ4n) is 2.21. The first-order valence-electron chi connectivity index (χ1n) is 6.52. The first kappa shape index (κ1) is 14.4. The minimum absolute atomic E-state index is 0.209. The number of nitriles is 1. The third-order valence-corrected chi connectivity index (χ3v) is 3.88. The lowest BCUT2D eigenvalue weighted by Crippen LogP contribution is -2.21. The monoisotopic (exact) mass is 284 g/mol. The molecule has 0 saturated carbocycles. The molecule has 0 aromatic heterocycles. The first-order chi connectivity index (χ1) is 9.52. The molecule has 0 aliphatic carbocycles. The van der Waals surface area contributed by atoms with E-state index in [1.165, 1.54) is 5.56 Å². The van der Waals surface area contributed by atoms with Crippen LogP contribution in [0.4, 0.5) is 5.69 Å².